The lowest BCUT2D eigenvalue weighted by atomic mass is 9.96. The Morgan fingerprint density at radius 1 is 1.44 bits per heavy atom. The second-order valence-electron chi connectivity index (χ2n) is 5.48. The summed E-state index contributed by atoms with van der Waals surface area (Å²) in [4.78, 5) is 6.91. The van der Waals surface area contributed by atoms with Gasteiger partial charge in [0.2, 0.25) is 0 Å². The lowest BCUT2D eigenvalue weighted by molar-refractivity contribution is 0.114. The van der Waals surface area contributed by atoms with Gasteiger partial charge in [0.05, 0.1) is 0 Å². The molecule has 1 N–H and O–H groups in total. The standard InChI is InChI=1S/C15H25N3/c1-12-8-14(10-17-9-12)11-18-7-5-4-6-15(18)13(2)16-3/h8-10,13,15-16H,4-7,11H2,1-3H3. The Hall–Kier alpha value is -0.930. The lowest BCUT2D eigenvalue weighted by Gasteiger charge is -2.39. The van der Waals surface area contributed by atoms with Gasteiger partial charge in [0, 0.05) is 31.0 Å². The summed E-state index contributed by atoms with van der Waals surface area (Å²) in [5.74, 6) is 0. The number of nitrogens with zero attached hydrogens (tertiary/aromatic N) is 2. The summed E-state index contributed by atoms with van der Waals surface area (Å²) in [6, 6.07) is 3.47. The summed E-state index contributed by atoms with van der Waals surface area (Å²) in [6.45, 7) is 6.65. The van der Waals surface area contributed by atoms with E-state index in [1.807, 2.05) is 12.4 Å². The number of rotatable bonds is 4. The first-order valence-electron chi connectivity index (χ1n) is 7.02. The fourth-order valence-corrected chi connectivity index (χ4v) is 2.91. The molecule has 2 rings (SSSR count). The number of pyridine rings is 1. The molecule has 0 aromatic carbocycles. The van der Waals surface area contributed by atoms with Crippen LogP contribution in [0.4, 0.5) is 0 Å². The first kappa shape index (κ1) is 13.5. The van der Waals surface area contributed by atoms with Crippen molar-refractivity contribution in [2.45, 2.75) is 51.7 Å². The van der Waals surface area contributed by atoms with Gasteiger partial charge in [0.15, 0.2) is 0 Å². The summed E-state index contributed by atoms with van der Waals surface area (Å²) < 4.78 is 0. The molecule has 0 amide bonds. The Morgan fingerprint density at radius 3 is 3.00 bits per heavy atom. The van der Waals surface area contributed by atoms with Crippen molar-refractivity contribution in [3.8, 4) is 0 Å². The molecule has 0 radical (unpaired) electrons. The first-order valence-corrected chi connectivity index (χ1v) is 7.02. The Bertz CT molecular complexity index is 378. The first-order chi connectivity index (χ1) is 8.70. The average Bonchev–Trinajstić information content (AvgIpc) is 2.38. The molecule has 3 heteroatoms. The van der Waals surface area contributed by atoms with Crippen molar-refractivity contribution < 1.29 is 0 Å². The van der Waals surface area contributed by atoms with Crippen molar-refractivity contribution in [3.05, 3.63) is 29.6 Å². The SMILES string of the molecule is CNC(C)C1CCCCN1Cc1cncc(C)c1. The molecule has 2 atom stereocenters. The highest BCUT2D eigenvalue weighted by atomic mass is 15.2. The number of likely N-dealkylation sites (N-methyl/N-ethyl adjacent to an activating group) is 1. The maximum Gasteiger partial charge on any atom is 0.0313 e. The number of likely N-dealkylation sites (tertiary alicyclic amines) is 1. The number of aryl methyl sites for hydroxylation is 1. The van der Waals surface area contributed by atoms with Gasteiger partial charge in [0.25, 0.3) is 0 Å². The van der Waals surface area contributed by atoms with Crippen molar-refractivity contribution in [1.82, 2.24) is 15.2 Å². The summed E-state index contributed by atoms with van der Waals surface area (Å²) in [5, 5.41) is 3.40. The fraction of sp³-hybridized carbons (Fsp3) is 0.667. The van der Waals surface area contributed by atoms with Gasteiger partial charge in [-0.2, -0.15) is 0 Å². The molecule has 100 valence electrons. The summed E-state index contributed by atoms with van der Waals surface area (Å²) in [6.07, 6.45) is 7.92. The number of aromatic nitrogens is 1. The Labute approximate surface area is 111 Å². The normalized spacial score (nSPS) is 22.9. The molecule has 0 saturated carbocycles. The predicted molar refractivity (Wildman–Crippen MR) is 75.5 cm³/mol. The molecule has 1 fully saturated rings. The minimum atomic E-state index is 0.558. The van der Waals surface area contributed by atoms with Gasteiger partial charge in [0.1, 0.15) is 0 Å². The van der Waals surface area contributed by atoms with E-state index >= 15 is 0 Å². The highest BCUT2D eigenvalue weighted by Gasteiger charge is 2.26. The van der Waals surface area contributed by atoms with Crippen LogP contribution in [0.2, 0.25) is 0 Å². The molecule has 2 heterocycles. The summed E-state index contributed by atoms with van der Waals surface area (Å²) in [7, 11) is 2.06. The zero-order valence-corrected chi connectivity index (χ0v) is 11.8. The Morgan fingerprint density at radius 2 is 2.28 bits per heavy atom. The molecule has 1 saturated heterocycles. The van der Waals surface area contributed by atoms with Crippen LogP contribution in [0.25, 0.3) is 0 Å². The minimum Gasteiger partial charge on any atom is -0.316 e. The van der Waals surface area contributed by atoms with E-state index in [-0.39, 0.29) is 0 Å². The van der Waals surface area contributed by atoms with E-state index in [0.717, 1.165) is 6.54 Å². The smallest absolute Gasteiger partial charge is 0.0313 e. The number of hydrogen-bond donors (Lipinski definition) is 1. The molecule has 0 aliphatic carbocycles. The fourth-order valence-electron chi connectivity index (χ4n) is 2.91. The van der Waals surface area contributed by atoms with Crippen LogP contribution in [0.3, 0.4) is 0 Å². The van der Waals surface area contributed by atoms with Gasteiger partial charge in [-0.05, 0) is 51.4 Å². The van der Waals surface area contributed by atoms with E-state index in [9.17, 15) is 0 Å². The quantitative estimate of drug-likeness (QED) is 0.885. The zero-order valence-electron chi connectivity index (χ0n) is 11.8. The van der Waals surface area contributed by atoms with Crippen LogP contribution in [0.1, 0.15) is 37.3 Å². The van der Waals surface area contributed by atoms with Crippen LogP contribution < -0.4 is 5.32 Å². The highest BCUT2D eigenvalue weighted by Crippen LogP contribution is 2.22. The lowest BCUT2D eigenvalue weighted by Crippen LogP contribution is -2.49. The van der Waals surface area contributed by atoms with Crippen molar-refractivity contribution in [3.63, 3.8) is 0 Å². The average molecular weight is 247 g/mol. The van der Waals surface area contributed by atoms with Gasteiger partial charge in [-0.1, -0.05) is 12.5 Å². The second-order valence-corrected chi connectivity index (χ2v) is 5.48. The molecule has 0 spiro atoms. The van der Waals surface area contributed by atoms with E-state index in [2.05, 4.69) is 42.2 Å². The third-order valence-electron chi connectivity index (χ3n) is 4.01. The predicted octanol–water partition coefficient (Wildman–Crippen LogP) is 2.35. The molecule has 1 aliphatic rings. The van der Waals surface area contributed by atoms with Crippen LogP contribution in [-0.4, -0.2) is 35.6 Å². The maximum atomic E-state index is 4.30. The molecular weight excluding hydrogens is 222 g/mol. The number of nitrogens with one attached hydrogen (secondary N) is 1. The molecule has 1 aromatic rings. The molecule has 18 heavy (non-hydrogen) atoms. The Balaban J connectivity index is 2.05. The van der Waals surface area contributed by atoms with Crippen LogP contribution in [0.5, 0.6) is 0 Å². The molecule has 1 aromatic heterocycles. The second kappa shape index (κ2) is 6.30. The molecule has 0 bridgehead atoms. The van der Waals surface area contributed by atoms with Crippen LogP contribution >= 0.6 is 0 Å². The van der Waals surface area contributed by atoms with Crippen LogP contribution in [0.15, 0.2) is 18.5 Å². The molecular formula is C15H25N3. The van der Waals surface area contributed by atoms with E-state index in [4.69, 9.17) is 0 Å². The molecule has 1 aliphatic heterocycles. The van der Waals surface area contributed by atoms with E-state index in [1.165, 1.54) is 36.9 Å². The molecule has 2 unspecified atom stereocenters. The highest BCUT2D eigenvalue weighted by molar-refractivity contribution is 5.16. The van der Waals surface area contributed by atoms with Crippen molar-refractivity contribution in [1.29, 1.82) is 0 Å². The van der Waals surface area contributed by atoms with Gasteiger partial charge < -0.3 is 5.32 Å². The monoisotopic (exact) mass is 247 g/mol. The molecule has 3 nitrogen and oxygen atoms in total. The van der Waals surface area contributed by atoms with Gasteiger partial charge in [-0.3, -0.25) is 9.88 Å². The third kappa shape index (κ3) is 3.30. The number of piperidine rings is 1. The van der Waals surface area contributed by atoms with Crippen molar-refractivity contribution >= 4 is 0 Å². The van der Waals surface area contributed by atoms with Gasteiger partial charge in [-0.15, -0.1) is 0 Å². The van der Waals surface area contributed by atoms with Gasteiger partial charge >= 0.3 is 0 Å². The zero-order chi connectivity index (χ0) is 13.0. The van der Waals surface area contributed by atoms with E-state index in [0.29, 0.717) is 12.1 Å². The topological polar surface area (TPSA) is 28.2 Å². The largest absolute Gasteiger partial charge is 0.316 e. The minimum absolute atomic E-state index is 0.558. The van der Waals surface area contributed by atoms with E-state index < -0.39 is 0 Å². The van der Waals surface area contributed by atoms with Crippen LogP contribution in [0, 0.1) is 6.92 Å². The van der Waals surface area contributed by atoms with Crippen molar-refractivity contribution in [2.24, 2.45) is 0 Å². The third-order valence-corrected chi connectivity index (χ3v) is 4.01. The maximum absolute atomic E-state index is 4.30. The van der Waals surface area contributed by atoms with Crippen LogP contribution in [-0.2, 0) is 6.54 Å². The summed E-state index contributed by atoms with van der Waals surface area (Å²) in [5.41, 5.74) is 2.59. The summed E-state index contributed by atoms with van der Waals surface area (Å²) >= 11 is 0. The Kier molecular flexibility index (Phi) is 4.72. The van der Waals surface area contributed by atoms with E-state index in [1.54, 1.807) is 0 Å². The van der Waals surface area contributed by atoms with Crippen molar-refractivity contribution in [2.75, 3.05) is 13.6 Å². The number of hydrogen-bond acceptors (Lipinski definition) is 3. The van der Waals surface area contributed by atoms with Gasteiger partial charge in [-0.25, -0.2) is 0 Å².